The summed E-state index contributed by atoms with van der Waals surface area (Å²) in [7, 11) is 1.62. The van der Waals surface area contributed by atoms with Crippen molar-refractivity contribution in [1.82, 2.24) is 15.0 Å². The Morgan fingerprint density at radius 3 is 2.86 bits per heavy atom. The number of hydrogen-bond donors (Lipinski definition) is 1. The number of nitrogens with zero attached hydrogens (tertiary/aromatic N) is 2. The number of halogens is 2. The zero-order chi connectivity index (χ0) is 14.7. The van der Waals surface area contributed by atoms with Crippen molar-refractivity contribution < 1.29 is 9.47 Å². The summed E-state index contributed by atoms with van der Waals surface area (Å²) < 4.78 is 10.9. The van der Waals surface area contributed by atoms with Gasteiger partial charge in [0.2, 0.25) is 0 Å². The molecule has 0 spiro atoms. The number of ether oxygens (including phenoxy) is 2. The Bertz CT molecular complexity index is 728. The summed E-state index contributed by atoms with van der Waals surface area (Å²) in [4.78, 5) is 11.9. The predicted molar refractivity (Wildman–Crippen MR) is 89.3 cm³/mol. The van der Waals surface area contributed by atoms with Gasteiger partial charge in [0.05, 0.1) is 24.1 Å². The average Bonchev–Trinajstić information content (AvgIpc) is 2.96. The molecule has 0 amide bonds. The Labute approximate surface area is 139 Å². The molecule has 1 aromatic carbocycles. The number of H-pyrrole nitrogens is 1. The summed E-state index contributed by atoms with van der Waals surface area (Å²) in [6.45, 7) is 0.457. The molecule has 22 heavy (non-hydrogen) atoms. The Morgan fingerprint density at radius 2 is 2.14 bits per heavy atom. The fraction of sp³-hybridized carbons (Fsp3) is 0.200. The first-order valence-electron chi connectivity index (χ1n) is 6.49. The summed E-state index contributed by atoms with van der Waals surface area (Å²) >= 11 is 5.62. The van der Waals surface area contributed by atoms with Crippen molar-refractivity contribution in [2.45, 2.75) is 0 Å². The Hall–Kier alpha value is -1.98. The lowest BCUT2D eigenvalue weighted by Crippen LogP contribution is -1.99. The quantitative estimate of drug-likeness (QED) is 0.720. The maximum atomic E-state index is 5.62. The van der Waals surface area contributed by atoms with E-state index in [9.17, 15) is 0 Å². The molecule has 0 bridgehead atoms. The van der Waals surface area contributed by atoms with Crippen molar-refractivity contribution in [2.75, 3.05) is 19.6 Å². The van der Waals surface area contributed by atoms with Crippen LogP contribution < -0.4 is 9.47 Å². The second-order valence-electron chi connectivity index (χ2n) is 4.36. The third-order valence-corrected chi connectivity index (χ3v) is 3.19. The van der Waals surface area contributed by atoms with Crippen molar-refractivity contribution in [1.29, 1.82) is 0 Å². The van der Waals surface area contributed by atoms with E-state index in [1.54, 1.807) is 13.3 Å². The highest BCUT2D eigenvalue weighted by Gasteiger charge is 2.12. The maximum absolute atomic E-state index is 5.62. The lowest BCUT2D eigenvalue weighted by molar-refractivity contribution is 0.339. The molecule has 0 saturated carbocycles. The van der Waals surface area contributed by atoms with Crippen LogP contribution in [0.3, 0.4) is 0 Å². The molecule has 7 heteroatoms. The van der Waals surface area contributed by atoms with Crippen LogP contribution in [0, 0.1) is 0 Å². The molecule has 0 aliphatic heterocycles. The second-order valence-corrected chi connectivity index (χ2v) is 4.74. The van der Waals surface area contributed by atoms with E-state index < -0.39 is 0 Å². The molecule has 3 rings (SSSR count). The number of aromatic amines is 1. The van der Waals surface area contributed by atoms with Gasteiger partial charge in [-0.05, 0) is 24.3 Å². The first-order chi connectivity index (χ1) is 10.3. The van der Waals surface area contributed by atoms with Crippen molar-refractivity contribution in [3.05, 3.63) is 36.5 Å². The van der Waals surface area contributed by atoms with Crippen molar-refractivity contribution in [3.63, 3.8) is 0 Å². The molecule has 0 atom stereocenters. The van der Waals surface area contributed by atoms with Crippen LogP contribution in [-0.2, 0) is 0 Å². The van der Waals surface area contributed by atoms with Crippen molar-refractivity contribution in [2.24, 2.45) is 0 Å². The highest BCUT2D eigenvalue weighted by Crippen LogP contribution is 2.32. The lowest BCUT2D eigenvalue weighted by atomic mass is 10.2. The minimum atomic E-state index is 0. The van der Waals surface area contributed by atoms with Gasteiger partial charge in [0.25, 0.3) is 0 Å². The molecule has 2 aromatic heterocycles. The normalized spacial score (nSPS) is 10.3. The number of benzene rings is 1. The summed E-state index contributed by atoms with van der Waals surface area (Å²) in [6, 6.07) is 9.39. The van der Waals surface area contributed by atoms with E-state index in [4.69, 9.17) is 21.1 Å². The topological polar surface area (TPSA) is 60.0 Å². The average molecular weight is 340 g/mol. The zero-order valence-electron chi connectivity index (χ0n) is 11.9. The van der Waals surface area contributed by atoms with Gasteiger partial charge in [0.15, 0.2) is 5.65 Å². The van der Waals surface area contributed by atoms with Crippen molar-refractivity contribution >= 4 is 35.2 Å². The third kappa shape index (κ3) is 3.26. The number of fused-ring (bicyclic) bond motifs is 1. The van der Waals surface area contributed by atoms with E-state index >= 15 is 0 Å². The number of aromatic nitrogens is 3. The second kappa shape index (κ2) is 7.33. The smallest absolute Gasteiger partial charge is 0.178 e. The molecule has 1 N–H and O–H groups in total. The molecule has 0 saturated heterocycles. The summed E-state index contributed by atoms with van der Waals surface area (Å²) in [5.41, 5.74) is 2.42. The maximum Gasteiger partial charge on any atom is 0.178 e. The molecule has 5 nitrogen and oxygen atoms in total. The van der Waals surface area contributed by atoms with Gasteiger partial charge in [0.1, 0.15) is 23.9 Å². The van der Waals surface area contributed by atoms with Crippen molar-refractivity contribution in [3.8, 4) is 22.9 Å². The number of rotatable bonds is 5. The van der Waals surface area contributed by atoms with Gasteiger partial charge in [-0.25, -0.2) is 9.97 Å². The van der Waals surface area contributed by atoms with Crippen LogP contribution in [-0.4, -0.2) is 34.5 Å². The van der Waals surface area contributed by atoms with Gasteiger partial charge in [-0.3, -0.25) is 0 Å². The Balaban J connectivity index is 0.00000176. The third-order valence-electron chi connectivity index (χ3n) is 3.03. The zero-order valence-corrected chi connectivity index (χ0v) is 13.4. The monoisotopic (exact) mass is 339 g/mol. The van der Waals surface area contributed by atoms with Gasteiger partial charge < -0.3 is 14.5 Å². The molecule has 0 aliphatic carbocycles. The summed E-state index contributed by atoms with van der Waals surface area (Å²) in [5, 5.41) is 0. The predicted octanol–water partition coefficient (Wildman–Crippen LogP) is 3.67. The molecular weight excluding hydrogens is 325 g/mol. The minimum absolute atomic E-state index is 0. The van der Waals surface area contributed by atoms with Gasteiger partial charge in [-0.2, -0.15) is 0 Å². The fourth-order valence-electron chi connectivity index (χ4n) is 2.09. The molecule has 0 aliphatic rings. The van der Waals surface area contributed by atoms with Gasteiger partial charge in [0, 0.05) is 12.3 Å². The van der Waals surface area contributed by atoms with Gasteiger partial charge in [-0.1, -0.05) is 0 Å². The van der Waals surface area contributed by atoms with Crippen LogP contribution in [0.1, 0.15) is 0 Å². The number of pyridine rings is 1. The van der Waals surface area contributed by atoms with Crippen LogP contribution in [0.15, 0.2) is 36.5 Å². The van der Waals surface area contributed by atoms with E-state index in [0.29, 0.717) is 35.5 Å². The number of nitrogens with one attached hydrogen (secondary N) is 1. The number of methoxy groups -OCH3 is 1. The molecule has 3 aromatic rings. The SMILES string of the molecule is COc1cc(OCCCl)ccc1-c1nc2ncccc2[nH]1.Cl. The van der Waals surface area contributed by atoms with E-state index in [1.165, 1.54) is 0 Å². The highest BCUT2D eigenvalue weighted by molar-refractivity contribution is 6.18. The van der Waals surface area contributed by atoms with Crippen LogP contribution >= 0.6 is 24.0 Å². The standard InChI is InChI=1S/C15H14ClN3O2.ClH/c1-20-13-9-10(21-8-6-16)4-5-11(13)14-18-12-3-2-7-17-15(12)19-14;/h2-5,7,9H,6,8H2,1H3,(H,17,18,19);1H. The summed E-state index contributed by atoms with van der Waals surface area (Å²) in [5.74, 6) is 2.55. The molecule has 0 radical (unpaired) electrons. The highest BCUT2D eigenvalue weighted by atomic mass is 35.5. The minimum Gasteiger partial charge on any atom is -0.496 e. The van der Waals surface area contributed by atoms with Gasteiger partial charge >= 0.3 is 0 Å². The first-order valence-corrected chi connectivity index (χ1v) is 7.03. The van der Waals surface area contributed by atoms with E-state index in [2.05, 4.69) is 15.0 Å². The van der Waals surface area contributed by atoms with Crippen LogP contribution in [0.2, 0.25) is 0 Å². The molecule has 0 fully saturated rings. The molecular formula is C15H15Cl2N3O2. The number of hydrogen-bond acceptors (Lipinski definition) is 4. The van der Waals surface area contributed by atoms with Crippen LogP contribution in [0.25, 0.3) is 22.6 Å². The Kier molecular flexibility index (Phi) is 5.46. The molecule has 2 heterocycles. The van der Waals surface area contributed by atoms with E-state index in [-0.39, 0.29) is 12.4 Å². The summed E-state index contributed by atoms with van der Waals surface area (Å²) in [6.07, 6.45) is 1.72. The van der Waals surface area contributed by atoms with Crippen LogP contribution in [0.4, 0.5) is 0 Å². The number of imidazole rings is 1. The molecule has 0 unspecified atom stereocenters. The van der Waals surface area contributed by atoms with Gasteiger partial charge in [-0.15, -0.1) is 24.0 Å². The van der Waals surface area contributed by atoms with E-state index in [1.807, 2.05) is 30.3 Å². The van der Waals surface area contributed by atoms with Crippen LogP contribution in [0.5, 0.6) is 11.5 Å². The lowest BCUT2D eigenvalue weighted by Gasteiger charge is -2.09. The fourth-order valence-corrected chi connectivity index (χ4v) is 2.16. The first kappa shape index (κ1) is 16.4. The molecule has 116 valence electrons. The number of alkyl halides is 1. The Morgan fingerprint density at radius 1 is 1.27 bits per heavy atom. The van der Waals surface area contributed by atoms with E-state index in [0.717, 1.165) is 11.1 Å². The largest absolute Gasteiger partial charge is 0.496 e.